The smallest absolute Gasteiger partial charge is 0.325 e. The number of thiazole rings is 1. The fraction of sp³-hybridized carbons (Fsp3) is 0.250. The molecule has 2 aliphatic rings. The van der Waals surface area contributed by atoms with E-state index < -0.39 is 23.4 Å². The van der Waals surface area contributed by atoms with Gasteiger partial charge < -0.3 is 20.1 Å². The lowest BCUT2D eigenvalue weighted by Crippen LogP contribution is -2.45. The lowest BCUT2D eigenvalue weighted by molar-refractivity contribution is -0.133. The molecule has 34 heavy (non-hydrogen) atoms. The Morgan fingerprint density at radius 2 is 1.97 bits per heavy atom. The van der Waals surface area contributed by atoms with Gasteiger partial charge in [0, 0.05) is 10.9 Å². The van der Waals surface area contributed by atoms with E-state index in [-0.39, 0.29) is 13.3 Å². The fourth-order valence-corrected chi connectivity index (χ4v) is 4.66. The van der Waals surface area contributed by atoms with Crippen molar-refractivity contribution in [3.8, 4) is 22.8 Å². The molecule has 1 saturated heterocycles. The van der Waals surface area contributed by atoms with E-state index in [9.17, 15) is 14.4 Å². The third-order valence-corrected chi connectivity index (χ3v) is 6.58. The Morgan fingerprint density at radius 3 is 2.79 bits per heavy atom. The maximum Gasteiger partial charge on any atom is 0.325 e. The lowest BCUT2D eigenvalue weighted by atomic mass is 9.93. The molecule has 10 heteroatoms. The first-order chi connectivity index (χ1) is 16.4. The molecule has 0 unspecified atom stereocenters. The zero-order valence-electron chi connectivity index (χ0n) is 18.4. The molecule has 5 rings (SSSR count). The van der Waals surface area contributed by atoms with Crippen molar-refractivity contribution in [1.82, 2.24) is 15.2 Å². The topological polar surface area (TPSA) is 110 Å². The van der Waals surface area contributed by atoms with Crippen LogP contribution in [0.4, 0.5) is 9.93 Å². The van der Waals surface area contributed by atoms with E-state index in [1.165, 1.54) is 11.3 Å². The Balaban J connectivity index is 1.20. The highest BCUT2D eigenvalue weighted by molar-refractivity contribution is 7.14. The Labute approximate surface area is 199 Å². The largest absolute Gasteiger partial charge is 0.454 e. The van der Waals surface area contributed by atoms with Crippen molar-refractivity contribution in [3.63, 3.8) is 0 Å². The zero-order chi connectivity index (χ0) is 23.7. The van der Waals surface area contributed by atoms with Gasteiger partial charge in [0.05, 0.1) is 5.69 Å². The number of carbonyl (C=O) groups is 3. The van der Waals surface area contributed by atoms with Crippen molar-refractivity contribution in [2.24, 2.45) is 0 Å². The molecule has 0 aliphatic carbocycles. The van der Waals surface area contributed by atoms with E-state index in [0.29, 0.717) is 35.2 Å². The van der Waals surface area contributed by atoms with E-state index in [1.54, 1.807) is 6.92 Å². The number of anilines is 1. The summed E-state index contributed by atoms with van der Waals surface area (Å²) < 4.78 is 10.7. The third kappa shape index (κ3) is 4.32. The van der Waals surface area contributed by atoms with Crippen LogP contribution >= 0.6 is 11.3 Å². The molecular formula is C24H22N4O5S. The molecule has 3 heterocycles. The van der Waals surface area contributed by atoms with Crippen LogP contribution in [0.1, 0.15) is 18.9 Å². The Hall–Kier alpha value is -3.92. The molecule has 0 saturated carbocycles. The van der Waals surface area contributed by atoms with Gasteiger partial charge in [-0.2, -0.15) is 0 Å². The Bertz CT molecular complexity index is 1260. The van der Waals surface area contributed by atoms with E-state index in [0.717, 1.165) is 16.0 Å². The predicted octanol–water partition coefficient (Wildman–Crippen LogP) is 3.42. The second-order valence-corrected chi connectivity index (χ2v) is 9.15. The van der Waals surface area contributed by atoms with Crippen molar-refractivity contribution in [1.29, 1.82) is 0 Å². The van der Waals surface area contributed by atoms with Crippen LogP contribution in [-0.2, 0) is 16.0 Å². The van der Waals surface area contributed by atoms with Crippen LogP contribution < -0.4 is 20.1 Å². The summed E-state index contributed by atoms with van der Waals surface area (Å²) in [4.78, 5) is 43.4. The Kier molecular flexibility index (Phi) is 5.66. The van der Waals surface area contributed by atoms with Gasteiger partial charge in [-0.1, -0.05) is 30.3 Å². The minimum Gasteiger partial charge on any atom is -0.454 e. The summed E-state index contributed by atoms with van der Waals surface area (Å²) in [5.41, 5.74) is 1.51. The van der Waals surface area contributed by atoms with Crippen LogP contribution in [0.5, 0.6) is 11.5 Å². The number of amides is 4. The molecule has 1 atom stereocenters. The minimum atomic E-state index is -1.05. The molecule has 2 aliphatic heterocycles. The number of rotatable bonds is 7. The molecule has 2 aromatic carbocycles. The zero-order valence-corrected chi connectivity index (χ0v) is 19.2. The minimum absolute atomic E-state index is 0.186. The fourth-order valence-electron chi connectivity index (χ4n) is 3.92. The summed E-state index contributed by atoms with van der Waals surface area (Å²) in [5, 5.41) is 7.59. The summed E-state index contributed by atoms with van der Waals surface area (Å²) in [6.45, 7) is 1.49. The van der Waals surface area contributed by atoms with Crippen LogP contribution in [0.15, 0.2) is 53.9 Å². The van der Waals surface area contributed by atoms with Crippen LogP contribution in [0.3, 0.4) is 0 Å². The quantitative estimate of drug-likeness (QED) is 0.504. The van der Waals surface area contributed by atoms with Gasteiger partial charge in [0.15, 0.2) is 16.6 Å². The number of benzene rings is 2. The third-order valence-electron chi connectivity index (χ3n) is 5.82. The first-order valence-electron chi connectivity index (χ1n) is 10.7. The van der Waals surface area contributed by atoms with Gasteiger partial charge in [-0.15, -0.1) is 11.3 Å². The summed E-state index contributed by atoms with van der Waals surface area (Å²) >= 11 is 1.25. The van der Waals surface area contributed by atoms with Crippen molar-refractivity contribution in [3.05, 3.63) is 59.5 Å². The Morgan fingerprint density at radius 1 is 1.18 bits per heavy atom. The van der Waals surface area contributed by atoms with Crippen molar-refractivity contribution < 1.29 is 23.9 Å². The van der Waals surface area contributed by atoms with Gasteiger partial charge in [0.1, 0.15) is 12.1 Å². The molecule has 174 valence electrons. The van der Waals surface area contributed by atoms with Crippen molar-refractivity contribution in [2.75, 3.05) is 18.7 Å². The van der Waals surface area contributed by atoms with Gasteiger partial charge in [-0.05, 0) is 43.5 Å². The molecular weight excluding hydrogens is 456 g/mol. The number of fused-ring (bicyclic) bond motifs is 1. The molecule has 0 bridgehead atoms. The molecule has 0 spiro atoms. The highest BCUT2D eigenvalue weighted by Crippen LogP contribution is 2.36. The molecule has 0 radical (unpaired) electrons. The molecule has 4 amide bonds. The van der Waals surface area contributed by atoms with E-state index in [2.05, 4.69) is 15.6 Å². The standard InChI is InChI=1S/C24H22N4O5S/c1-24(10-9-15-5-3-2-4-6-15)21(30)28(23(31)27-24)12-20(29)26-22-25-17(13-34-22)16-7-8-18-19(11-16)33-14-32-18/h2-8,11,13H,9-10,12,14H2,1H3,(H,27,31)(H,25,26,29)/t24-/m1/s1. The number of aromatic nitrogens is 1. The predicted molar refractivity (Wildman–Crippen MR) is 126 cm³/mol. The monoisotopic (exact) mass is 478 g/mol. The second kappa shape index (κ2) is 8.79. The molecule has 1 aromatic heterocycles. The molecule has 1 fully saturated rings. The number of nitrogens with one attached hydrogen (secondary N) is 2. The van der Waals surface area contributed by atoms with Gasteiger partial charge in [-0.25, -0.2) is 9.78 Å². The van der Waals surface area contributed by atoms with E-state index in [1.807, 2.05) is 53.9 Å². The van der Waals surface area contributed by atoms with Crippen LogP contribution in [0.2, 0.25) is 0 Å². The number of ether oxygens (including phenoxy) is 2. The lowest BCUT2D eigenvalue weighted by Gasteiger charge is -2.21. The van der Waals surface area contributed by atoms with Gasteiger partial charge >= 0.3 is 6.03 Å². The van der Waals surface area contributed by atoms with E-state index >= 15 is 0 Å². The van der Waals surface area contributed by atoms with E-state index in [4.69, 9.17) is 9.47 Å². The number of imide groups is 1. The summed E-state index contributed by atoms with van der Waals surface area (Å²) in [7, 11) is 0. The number of hydrogen-bond donors (Lipinski definition) is 2. The van der Waals surface area contributed by atoms with Crippen molar-refractivity contribution >= 4 is 34.3 Å². The number of carbonyl (C=O) groups excluding carboxylic acids is 3. The number of nitrogens with zero attached hydrogens (tertiary/aromatic N) is 2. The van der Waals surface area contributed by atoms with Crippen LogP contribution in [0.25, 0.3) is 11.3 Å². The first kappa shape index (κ1) is 21.9. The molecule has 3 aromatic rings. The molecule has 9 nitrogen and oxygen atoms in total. The number of urea groups is 1. The second-order valence-electron chi connectivity index (χ2n) is 8.29. The SMILES string of the molecule is C[C@]1(CCc2ccccc2)NC(=O)N(CC(=O)Nc2nc(-c3ccc4c(c3)OCO4)cs2)C1=O. The summed E-state index contributed by atoms with van der Waals surface area (Å²) in [6.07, 6.45) is 1.07. The summed E-state index contributed by atoms with van der Waals surface area (Å²) in [6, 6.07) is 14.7. The average Bonchev–Trinajstić information content (AvgIpc) is 3.54. The average molecular weight is 479 g/mol. The number of hydrogen-bond acceptors (Lipinski definition) is 7. The van der Waals surface area contributed by atoms with Crippen LogP contribution in [0, 0.1) is 0 Å². The number of aryl methyl sites for hydroxylation is 1. The maximum absolute atomic E-state index is 13.0. The first-order valence-corrected chi connectivity index (χ1v) is 11.6. The summed E-state index contributed by atoms with van der Waals surface area (Å²) in [5.74, 6) is 0.410. The van der Waals surface area contributed by atoms with Gasteiger partial charge in [-0.3, -0.25) is 14.5 Å². The van der Waals surface area contributed by atoms with Gasteiger partial charge in [0.2, 0.25) is 12.7 Å². The highest BCUT2D eigenvalue weighted by Gasteiger charge is 2.47. The normalized spacial score (nSPS) is 18.8. The molecule has 2 N–H and O–H groups in total. The van der Waals surface area contributed by atoms with Crippen LogP contribution in [-0.4, -0.2) is 46.6 Å². The maximum atomic E-state index is 13.0. The van der Waals surface area contributed by atoms with Gasteiger partial charge in [0.25, 0.3) is 5.91 Å². The van der Waals surface area contributed by atoms with Crippen molar-refractivity contribution in [2.45, 2.75) is 25.3 Å². The highest BCUT2D eigenvalue weighted by atomic mass is 32.1.